The number of carbonyl (C=O) groups excluding carboxylic acids is 3. The van der Waals surface area contributed by atoms with Crippen molar-refractivity contribution in [2.24, 2.45) is 0 Å². The molecule has 1 aliphatic rings. The Bertz CT molecular complexity index is 1340. The van der Waals surface area contributed by atoms with Crippen molar-refractivity contribution in [3.05, 3.63) is 89.0 Å². The summed E-state index contributed by atoms with van der Waals surface area (Å²) in [5.74, 6) is -1.44. The molecule has 0 bridgehead atoms. The van der Waals surface area contributed by atoms with Gasteiger partial charge >= 0.3 is 5.97 Å². The van der Waals surface area contributed by atoms with Gasteiger partial charge in [-0.15, -0.1) is 0 Å². The van der Waals surface area contributed by atoms with E-state index in [0.29, 0.717) is 5.75 Å². The Morgan fingerprint density at radius 2 is 1.55 bits per heavy atom. The number of hydrogen-bond donors (Lipinski definition) is 0. The number of methoxy groups -OCH3 is 1. The lowest BCUT2D eigenvalue weighted by Gasteiger charge is -2.19. The van der Waals surface area contributed by atoms with E-state index in [4.69, 9.17) is 9.47 Å². The van der Waals surface area contributed by atoms with Crippen LogP contribution in [0.3, 0.4) is 0 Å². The van der Waals surface area contributed by atoms with Gasteiger partial charge in [-0.2, -0.15) is 0 Å². The van der Waals surface area contributed by atoms with Crippen LogP contribution < -0.4 is 4.74 Å². The van der Waals surface area contributed by atoms with Gasteiger partial charge in [-0.3, -0.25) is 9.59 Å². The average molecular weight is 436 g/mol. The van der Waals surface area contributed by atoms with Crippen LogP contribution in [0.1, 0.15) is 36.6 Å². The Labute approximate surface area is 178 Å². The third-order valence-corrected chi connectivity index (χ3v) is 6.77. The van der Waals surface area contributed by atoms with Crippen molar-refractivity contribution >= 4 is 27.4 Å². The van der Waals surface area contributed by atoms with E-state index in [9.17, 15) is 22.8 Å². The Hall–Kier alpha value is -3.78. The molecule has 7 nitrogen and oxygen atoms in total. The highest BCUT2D eigenvalue weighted by molar-refractivity contribution is 7.91. The van der Waals surface area contributed by atoms with Gasteiger partial charge in [0.2, 0.25) is 15.6 Å². The predicted molar refractivity (Wildman–Crippen MR) is 109 cm³/mol. The standard InChI is InChI=1S/C23H16O7S/c1-29-19-8-4-2-6-15(19)18(24)13-30-23(26)14-10-11-17-21(12-14)31(27,28)20-9-5-3-7-16(20)22(17)25/h2-12H,13H2,1H3. The third kappa shape index (κ3) is 3.51. The summed E-state index contributed by atoms with van der Waals surface area (Å²) in [6, 6.07) is 16.1. The quantitative estimate of drug-likeness (QED) is 0.350. The van der Waals surface area contributed by atoms with Gasteiger partial charge in [-0.1, -0.05) is 24.3 Å². The van der Waals surface area contributed by atoms with Gasteiger partial charge in [0.1, 0.15) is 5.75 Å². The molecule has 0 atom stereocenters. The molecule has 4 rings (SSSR count). The summed E-state index contributed by atoms with van der Waals surface area (Å²) in [4.78, 5) is 37.2. The summed E-state index contributed by atoms with van der Waals surface area (Å²) in [7, 11) is -2.56. The number of ether oxygens (including phenoxy) is 2. The second kappa shape index (κ2) is 7.81. The number of ketones is 2. The number of carbonyl (C=O) groups is 3. The molecule has 0 saturated heterocycles. The molecule has 0 N–H and O–H groups in total. The minimum absolute atomic E-state index is 0.0136. The lowest BCUT2D eigenvalue weighted by molar-refractivity contribution is 0.0473. The van der Waals surface area contributed by atoms with Gasteiger partial charge in [0, 0.05) is 11.1 Å². The van der Waals surface area contributed by atoms with Crippen LogP contribution in [0.25, 0.3) is 0 Å². The number of esters is 1. The number of Topliss-reactive ketones (excluding diaryl/α,β-unsaturated/α-hetero) is 1. The fraction of sp³-hybridized carbons (Fsp3) is 0.0870. The molecule has 0 amide bonds. The maximum atomic E-state index is 13.0. The molecule has 0 aromatic heterocycles. The van der Waals surface area contributed by atoms with Crippen LogP contribution in [0.2, 0.25) is 0 Å². The third-order valence-electron chi connectivity index (χ3n) is 4.91. The van der Waals surface area contributed by atoms with Gasteiger partial charge in [0.05, 0.1) is 28.0 Å². The van der Waals surface area contributed by atoms with E-state index >= 15 is 0 Å². The first-order valence-electron chi connectivity index (χ1n) is 9.21. The maximum Gasteiger partial charge on any atom is 0.338 e. The molecular weight excluding hydrogens is 420 g/mol. The Balaban J connectivity index is 1.59. The van der Waals surface area contributed by atoms with Crippen LogP contribution in [-0.4, -0.2) is 39.7 Å². The molecule has 156 valence electrons. The first-order chi connectivity index (χ1) is 14.8. The Kier molecular flexibility index (Phi) is 5.16. The number of para-hydroxylation sites is 1. The van der Waals surface area contributed by atoms with E-state index in [0.717, 1.165) is 6.07 Å². The summed E-state index contributed by atoms with van der Waals surface area (Å²) in [5.41, 5.74) is 0.253. The van der Waals surface area contributed by atoms with E-state index in [2.05, 4.69) is 0 Å². The maximum absolute atomic E-state index is 13.0. The van der Waals surface area contributed by atoms with Crippen LogP contribution in [0.4, 0.5) is 0 Å². The number of hydrogen-bond acceptors (Lipinski definition) is 7. The van der Waals surface area contributed by atoms with Gasteiger partial charge in [-0.25, -0.2) is 13.2 Å². The van der Waals surface area contributed by atoms with Gasteiger partial charge in [-0.05, 0) is 42.5 Å². The molecule has 0 radical (unpaired) electrons. The summed E-state index contributed by atoms with van der Waals surface area (Å²) in [5, 5.41) is 0. The highest BCUT2D eigenvalue weighted by atomic mass is 32.2. The highest BCUT2D eigenvalue weighted by Gasteiger charge is 2.35. The van der Waals surface area contributed by atoms with E-state index in [1.54, 1.807) is 30.3 Å². The van der Waals surface area contributed by atoms with E-state index in [-0.39, 0.29) is 32.0 Å². The van der Waals surface area contributed by atoms with Crippen molar-refractivity contribution < 1.29 is 32.3 Å². The minimum Gasteiger partial charge on any atom is -0.496 e. The highest BCUT2D eigenvalue weighted by Crippen LogP contribution is 2.34. The van der Waals surface area contributed by atoms with Crippen LogP contribution >= 0.6 is 0 Å². The lowest BCUT2D eigenvalue weighted by Crippen LogP contribution is -2.21. The second-order valence-corrected chi connectivity index (χ2v) is 8.63. The second-order valence-electron chi connectivity index (χ2n) is 6.74. The molecule has 1 heterocycles. The molecule has 0 spiro atoms. The molecule has 0 unspecified atom stereocenters. The Morgan fingerprint density at radius 1 is 0.871 bits per heavy atom. The fourth-order valence-electron chi connectivity index (χ4n) is 3.38. The Morgan fingerprint density at radius 3 is 2.32 bits per heavy atom. The summed E-state index contributed by atoms with van der Waals surface area (Å²) in [6.45, 7) is -0.551. The smallest absolute Gasteiger partial charge is 0.338 e. The van der Waals surface area contributed by atoms with E-state index in [1.165, 1.54) is 37.4 Å². The molecule has 0 saturated carbocycles. The minimum atomic E-state index is -3.99. The lowest BCUT2D eigenvalue weighted by atomic mass is 10.0. The predicted octanol–water partition coefficient (Wildman–Crippen LogP) is 3.11. The first kappa shape index (κ1) is 20.5. The largest absolute Gasteiger partial charge is 0.496 e. The van der Waals surface area contributed by atoms with Crippen LogP contribution in [-0.2, 0) is 14.6 Å². The number of sulfone groups is 1. The zero-order chi connectivity index (χ0) is 22.2. The van der Waals surface area contributed by atoms with Crippen molar-refractivity contribution in [2.45, 2.75) is 9.79 Å². The van der Waals surface area contributed by atoms with Crippen LogP contribution in [0.15, 0.2) is 76.5 Å². The SMILES string of the molecule is COc1ccccc1C(=O)COC(=O)c1ccc2c(c1)S(=O)(=O)c1ccccc1C2=O. The number of rotatable bonds is 5. The number of benzene rings is 3. The average Bonchev–Trinajstić information content (AvgIpc) is 2.80. The topological polar surface area (TPSA) is 104 Å². The fourth-order valence-corrected chi connectivity index (χ4v) is 5.06. The zero-order valence-electron chi connectivity index (χ0n) is 16.3. The molecule has 8 heteroatoms. The molecule has 31 heavy (non-hydrogen) atoms. The van der Waals surface area contributed by atoms with Crippen LogP contribution in [0, 0.1) is 0 Å². The molecule has 0 fully saturated rings. The van der Waals surface area contributed by atoms with Crippen molar-refractivity contribution in [2.75, 3.05) is 13.7 Å². The summed E-state index contributed by atoms with van der Waals surface area (Å²) < 4.78 is 36.1. The van der Waals surface area contributed by atoms with E-state index < -0.39 is 34.0 Å². The normalized spacial score (nSPS) is 13.6. The van der Waals surface area contributed by atoms with Gasteiger partial charge in [0.25, 0.3) is 0 Å². The number of fused-ring (bicyclic) bond motifs is 2. The van der Waals surface area contributed by atoms with Crippen LogP contribution in [0.5, 0.6) is 5.75 Å². The molecule has 3 aromatic rings. The van der Waals surface area contributed by atoms with Crippen molar-refractivity contribution in [3.8, 4) is 5.75 Å². The molecule has 3 aromatic carbocycles. The van der Waals surface area contributed by atoms with Crippen molar-refractivity contribution in [1.82, 2.24) is 0 Å². The van der Waals surface area contributed by atoms with E-state index in [1.807, 2.05) is 0 Å². The van der Waals surface area contributed by atoms with Gasteiger partial charge < -0.3 is 9.47 Å². The molecular formula is C23H16O7S. The summed E-state index contributed by atoms with van der Waals surface area (Å²) >= 11 is 0. The van der Waals surface area contributed by atoms with Crippen molar-refractivity contribution in [3.63, 3.8) is 0 Å². The zero-order valence-corrected chi connectivity index (χ0v) is 17.1. The summed E-state index contributed by atoms with van der Waals surface area (Å²) in [6.07, 6.45) is 0. The molecule has 0 aliphatic carbocycles. The monoisotopic (exact) mass is 436 g/mol. The van der Waals surface area contributed by atoms with Crippen molar-refractivity contribution in [1.29, 1.82) is 0 Å². The first-order valence-corrected chi connectivity index (χ1v) is 10.7. The van der Waals surface area contributed by atoms with Gasteiger partial charge in [0.15, 0.2) is 12.4 Å². The molecule has 1 aliphatic heterocycles.